The Hall–Kier alpha value is -2.95. The highest BCUT2D eigenvalue weighted by Crippen LogP contribution is 2.18. The largest absolute Gasteiger partial charge is 0.370 e. The van der Waals surface area contributed by atoms with Crippen LogP contribution in [-0.2, 0) is 12.8 Å². The van der Waals surface area contributed by atoms with Crippen molar-refractivity contribution in [2.75, 3.05) is 17.2 Å². The van der Waals surface area contributed by atoms with Crippen LogP contribution in [0, 0.1) is 12.7 Å². The molecule has 3 rings (SSSR count). The van der Waals surface area contributed by atoms with Crippen LogP contribution in [0.25, 0.3) is 0 Å². The summed E-state index contributed by atoms with van der Waals surface area (Å²) < 4.78 is 12.9. The lowest BCUT2D eigenvalue weighted by molar-refractivity contribution is 0.627. The molecule has 2 N–H and O–H groups in total. The van der Waals surface area contributed by atoms with Crippen LogP contribution in [0.2, 0.25) is 0 Å². The summed E-state index contributed by atoms with van der Waals surface area (Å²) in [6.07, 6.45) is 1.82. The molecule has 5 heteroatoms. The maximum absolute atomic E-state index is 12.9. The highest BCUT2D eigenvalue weighted by atomic mass is 19.1. The summed E-state index contributed by atoms with van der Waals surface area (Å²) in [5, 5.41) is 6.63. The number of hydrogen-bond acceptors (Lipinski definition) is 4. The van der Waals surface area contributed by atoms with Gasteiger partial charge in [0.15, 0.2) is 0 Å². The zero-order valence-electron chi connectivity index (χ0n) is 15.1. The average Bonchev–Trinajstić information content (AvgIpc) is 2.64. The van der Waals surface area contributed by atoms with E-state index in [9.17, 15) is 4.39 Å². The molecule has 0 aliphatic heterocycles. The molecule has 0 aliphatic rings. The summed E-state index contributed by atoms with van der Waals surface area (Å²) in [6.45, 7) is 4.73. The minimum atomic E-state index is -0.212. The van der Waals surface area contributed by atoms with Crippen molar-refractivity contribution in [3.8, 4) is 0 Å². The number of aromatic nitrogens is 2. The maximum atomic E-state index is 12.9. The van der Waals surface area contributed by atoms with Crippen molar-refractivity contribution >= 4 is 17.3 Å². The molecule has 0 spiro atoms. The molecule has 0 unspecified atom stereocenters. The Balaban J connectivity index is 1.62. The third-order valence-corrected chi connectivity index (χ3v) is 4.11. The van der Waals surface area contributed by atoms with Gasteiger partial charge in [-0.2, -0.15) is 0 Å². The molecule has 0 fully saturated rings. The molecule has 0 amide bonds. The van der Waals surface area contributed by atoms with E-state index in [0.29, 0.717) is 12.4 Å². The molecule has 0 saturated heterocycles. The first kappa shape index (κ1) is 17.9. The number of anilines is 3. The van der Waals surface area contributed by atoms with E-state index in [1.807, 2.05) is 13.0 Å². The van der Waals surface area contributed by atoms with Crippen molar-refractivity contribution in [3.05, 3.63) is 77.4 Å². The normalized spacial score (nSPS) is 10.6. The van der Waals surface area contributed by atoms with Crippen LogP contribution in [0.15, 0.2) is 54.6 Å². The van der Waals surface area contributed by atoms with Gasteiger partial charge < -0.3 is 10.6 Å². The second kappa shape index (κ2) is 8.43. The Labute approximate surface area is 153 Å². The Morgan fingerprint density at radius 2 is 1.54 bits per heavy atom. The smallest absolute Gasteiger partial charge is 0.136 e. The molecule has 3 aromatic rings. The fourth-order valence-electron chi connectivity index (χ4n) is 2.68. The van der Waals surface area contributed by atoms with Gasteiger partial charge in [-0.1, -0.05) is 31.2 Å². The molecule has 134 valence electrons. The molecular weight excluding hydrogens is 327 g/mol. The zero-order valence-corrected chi connectivity index (χ0v) is 15.1. The number of nitrogens with one attached hydrogen (secondary N) is 2. The van der Waals surface area contributed by atoms with Gasteiger partial charge in [-0.15, -0.1) is 0 Å². The van der Waals surface area contributed by atoms with Gasteiger partial charge in [-0.3, -0.25) is 0 Å². The number of aryl methyl sites for hydroxylation is 2. The van der Waals surface area contributed by atoms with E-state index < -0.39 is 0 Å². The Morgan fingerprint density at radius 1 is 0.885 bits per heavy atom. The SMILES string of the molecule is CCc1ccc(Nc2cc(NCCc3ccc(F)cc3)nc(C)n2)cc1. The van der Waals surface area contributed by atoms with Gasteiger partial charge in [0.25, 0.3) is 0 Å². The lowest BCUT2D eigenvalue weighted by atomic mass is 10.1. The Kier molecular flexibility index (Phi) is 5.79. The van der Waals surface area contributed by atoms with Crippen LogP contribution in [0.5, 0.6) is 0 Å². The molecular formula is C21H23FN4. The second-order valence-electron chi connectivity index (χ2n) is 6.16. The lowest BCUT2D eigenvalue weighted by Crippen LogP contribution is -2.08. The predicted octanol–water partition coefficient (Wildman–Crippen LogP) is 4.88. The van der Waals surface area contributed by atoms with Gasteiger partial charge in [0.2, 0.25) is 0 Å². The van der Waals surface area contributed by atoms with E-state index in [2.05, 4.69) is 51.8 Å². The number of rotatable bonds is 7. The van der Waals surface area contributed by atoms with Crippen molar-refractivity contribution in [3.63, 3.8) is 0 Å². The standard InChI is InChI=1S/C21H23FN4/c1-3-16-6-10-19(11-7-16)26-21-14-20(24-15(2)25-21)23-13-12-17-4-8-18(22)9-5-17/h4-11,14H,3,12-13H2,1-2H3,(H2,23,24,25,26). The first-order chi connectivity index (χ1) is 12.6. The molecule has 0 atom stereocenters. The summed E-state index contributed by atoms with van der Waals surface area (Å²) in [4.78, 5) is 8.87. The van der Waals surface area contributed by atoms with E-state index in [-0.39, 0.29) is 5.82 Å². The van der Waals surface area contributed by atoms with Gasteiger partial charge in [-0.25, -0.2) is 14.4 Å². The minimum Gasteiger partial charge on any atom is -0.370 e. The fraction of sp³-hybridized carbons (Fsp3) is 0.238. The average molecular weight is 350 g/mol. The topological polar surface area (TPSA) is 49.8 Å². The second-order valence-corrected chi connectivity index (χ2v) is 6.16. The van der Waals surface area contributed by atoms with Gasteiger partial charge in [0.1, 0.15) is 23.3 Å². The summed E-state index contributed by atoms with van der Waals surface area (Å²) in [5.41, 5.74) is 3.38. The minimum absolute atomic E-state index is 0.212. The monoisotopic (exact) mass is 350 g/mol. The van der Waals surface area contributed by atoms with Gasteiger partial charge in [0, 0.05) is 18.3 Å². The first-order valence-corrected chi connectivity index (χ1v) is 8.82. The Morgan fingerprint density at radius 3 is 2.23 bits per heavy atom. The summed E-state index contributed by atoms with van der Waals surface area (Å²) in [7, 11) is 0. The zero-order chi connectivity index (χ0) is 18.4. The van der Waals surface area contributed by atoms with Crippen LogP contribution >= 0.6 is 0 Å². The van der Waals surface area contributed by atoms with Crippen molar-refractivity contribution in [1.82, 2.24) is 9.97 Å². The fourth-order valence-corrected chi connectivity index (χ4v) is 2.68. The van der Waals surface area contributed by atoms with E-state index in [1.54, 1.807) is 12.1 Å². The number of hydrogen-bond donors (Lipinski definition) is 2. The van der Waals surface area contributed by atoms with E-state index >= 15 is 0 Å². The third-order valence-electron chi connectivity index (χ3n) is 4.11. The van der Waals surface area contributed by atoms with E-state index in [0.717, 1.165) is 35.7 Å². The summed E-state index contributed by atoms with van der Waals surface area (Å²) in [5.74, 6) is 2.01. The molecule has 26 heavy (non-hydrogen) atoms. The molecule has 4 nitrogen and oxygen atoms in total. The summed E-state index contributed by atoms with van der Waals surface area (Å²) in [6, 6.07) is 16.8. The molecule has 1 heterocycles. The van der Waals surface area contributed by atoms with Gasteiger partial charge >= 0.3 is 0 Å². The summed E-state index contributed by atoms with van der Waals surface area (Å²) >= 11 is 0. The van der Waals surface area contributed by atoms with Gasteiger partial charge in [-0.05, 0) is 55.2 Å². The molecule has 0 bridgehead atoms. The Bertz CT molecular complexity index is 845. The molecule has 2 aromatic carbocycles. The molecule has 0 saturated carbocycles. The van der Waals surface area contributed by atoms with E-state index in [1.165, 1.54) is 17.7 Å². The van der Waals surface area contributed by atoms with E-state index in [4.69, 9.17) is 0 Å². The number of halogens is 1. The number of benzene rings is 2. The van der Waals surface area contributed by atoms with Gasteiger partial charge in [0.05, 0.1) is 0 Å². The highest BCUT2D eigenvalue weighted by molar-refractivity contribution is 5.59. The van der Waals surface area contributed by atoms with Crippen LogP contribution in [0.1, 0.15) is 23.9 Å². The third kappa shape index (κ3) is 5.02. The predicted molar refractivity (Wildman–Crippen MR) is 104 cm³/mol. The van der Waals surface area contributed by atoms with Crippen molar-refractivity contribution in [1.29, 1.82) is 0 Å². The van der Waals surface area contributed by atoms with Crippen molar-refractivity contribution in [2.45, 2.75) is 26.7 Å². The number of nitrogens with zero attached hydrogens (tertiary/aromatic N) is 2. The quantitative estimate of drug-likeness (QED) is 0.637. The maximum Gasteiger partial charge on any atom is 0.136 e. The molecule has 0 radical (unpaired) electrons. The lowest BCUT2D eigenvalue weighted by Gasteiger charge is -2.11. The van der Waals surface area contributed by atoms with Crippen LogP contribution < -0.4 is 10.6 Å². The molecule has 0 aliphatic carbocycles. The van der Waals surface area contributed by atoms with Crippen LogP contribution in [0.3, 0.4) is 0 Å². The molecule has 1 aromatic heterocycles. The first-order valence-electron chi connectivity index (χ1n) is 8.82. The van der Waals surface area contributed by atoms with Crippen LogP contribution in [0.4, 0.5) is 21.7 Å². The van der Waals surface area contributed by atoms with Crippen molar-refractivity contribution < 1.29 is 4.39 Å². The van der Waals surface area contributed by atoms with Crippen molar-refractivity contribution in [2.24, 2.45) is 0 Å². The highest BCUT2D eigenvalue weighted by Gasteiger charge is 2.03. The van der Waals surface area contributed by atoms with Crippen LogP contribution in [-0.4, -0.2) is 16.5 Å².